The number of carbonyl (C=O) groups excluding carboxylic acids is 2. The van der Waals surface area contributed by atoms with Crippen LogP contribution in [-0.2, 0) is 15.8 Å². The van der Waals surface area contributed by atoms with Gasteiger partial charge in [0.05, 0.1) is 11.3 Å². The van der Waals surface area contributed by atoms with Crippen LogP contribution >= 0.6 is 11.6 Å². The maximum Gasteiger partial charge on any atom is 0.416 e. The molecule has 166 valence electrons. The monoisotopic (exact) mass is 461 g/mol. The third-order valence-corrected chi connectivity index (χ3v) is 5.02. The number of aryl methyl sites for hydroxylation is 1. The summed E-state index contributed by atoms with van der Waals surface area (Å²) in [6.07, 6.45) is -8.85. The van der Waals surface area contributed by atoms with Crippen molar-refractivity contribution < 1.29 is 37.4 Å². The molecule has 0 aliphatic carbocycles. The molecule has 2 aromatic rings. The first-order chi connectivity index (χ1) is 14.3. The van der Waals surface area contributed by atoms with E-state index in [1.54, 1.807) is 0 Å². The SMILES string of the molecule is Cc1cc(C(F)(F)F)cc(N2C(=O)C(O)C(O)C2C(=O)N(C)c2ccc(Cl)cc2F)n1. The van der Waals surface area contributed by atoms with E-state index in [2.05, 4.69) is 4.98 Å². The Bertz CT molecular complexity index is 1050. The van der Waals surface area contributed by atoms with Crippen LogP contribution in [0.5, 0.6) is 0 Å². The third kappa shape index (κ3) is 4.21. The Labute approximate surface area is 178 Å². The van der Waals surface area contributed by atoms with E-state index in [9.17, 15) is 37.4 Å². The number of hydrogen-bond donors (Lipinski definition) is 2. The standard InChI is InChI=1S/C19H16ClF4N3O4/c1-8-5-9(19(22,23)24)6-13(25-8)27-14(15(28)16(29)18(27)31)17(30)26(2)12-4-3-10(20)7-11(12)21/h3-7,14-16,28-29H,1-2H3. The number of aliphatic hydroxyl groups excluding tert-OH is 2. The number of amides is 2. The molecule has 0 saturated carbocycles. The van der Waals surface area contributed by atoms with E-state index in [-0.39, 0.29) is 16.4 Å². The smallest absolute Gasteiger partial charge is 0.387 e. The molecule has 3 rings (SSSR count). The predicted molar refractivity (Wildman–Crippen MR) is 102 cm³/mol. The van der Waals surface area contributed by atoms with Gasteiger partial charge in [0.25, 0.3) is 11.8 Å². The Kier molecular flexibility index (Phi) is 5.96. The van der Waals surface area contributed by atoms with Gasteiger partial charge in [0, 0.05) is 17.8 Å². The van der Waals surface area contributed by atoms with Gasteiger partial charge in [-0.2, -0.15) is 13.2 Å². The molecule has 0 radical (unpaired) electrons. The molecular weight excluding hydrogens is 446 g/mol. The number of halogens is 5. The van der Waals surface area contributed by atoms with Crippen molar-refractivity contribution in [2.24, 2.45) is 0 Å². The number of pyridine rings is 1. The number of rotatable bonds is 3. The number of nitrogens with zero attached hydrogens (tertiary/aromatic N) is 3. The summed E-state index contributed by atoms with van der Waals surface area (Å²) in [7, 11) is 1.14. The van der Waals surface area contributed by atoms with Gasteiger partial charge in [0.15, 0.2) is 6.10 Å². The van der Waals surface area contributed by atoms with Crippen LogP contribution in [0.25, 0.3) is 0 Å². The highest BCUT2D eigenvalue weighted by molar-refractivity contribution is 6.30. The highest BCUT2D eigenvalue weighted by Gasteiger charge is 2.52. The van der Waals surface area contributed by atoms with E-state index in [1.807, 2.05) is 0 Å². The molecule has 1 saturated heterocycles. The van der Waals surface area contributed by atoms with Crippen molar-refractivity contribution in [2.45, 2.75) is 31.3 Å². The van der Waals surface area contributed by atoms with E-state index in [1.165, 1.54) is 19.1 Å². The zero-order chi connectivity index (χ0) is 23.2. The minimum Gasteiger partial charge on any atom is -0.387 e. The van der Waals surface area contributed by atoms with E-state index in [4.69, 9.17) is 11.6 Å². The summed E-state index contributed by atoms with van der Waals surface area (Å²) in [5.41, 5.74) is -1.51. The third-order valence-electron chi connectivity index (χ3n) is 4.78. The normalized spacial score (nSPS) is 21.5. The molecule has 31 heavy (non-hydrogen) atoms. The topological polar surface area (TPSA) is 94.0 Å². The van der Waals surface area contributed by atoms with Crippen molar-refractivity contribution in [3.8, 4) is 0 Å². The average molecular weight is 462 g/mol. The highest BCUT2D eigenvalue weighted by Crippen LogP contribution is 2.35. The first-order valence-electron chi connectivity index (χ1n) is 8.80. The molecule has 1 aromatic carbocycles. The highest BCUT2D eigenvalue weighted by atomic mass is 35.5. The summed E-state index contributed by atoms with van der Waals surface area (Å²) in [6, 6.07) is 2.82. The zero-order valence-corrected chi connectivity index (χ0v) is 16.8. The van der Waals surface area contributed by atoms with Gasteiger partial charge in [-0.05, 0) is 37.3 Å². The number of alkyl halides is 3. The lowest BCUT2D eigenvalue weighted by Gasteiger charge is -2.29. The molecule has 1 aliphatic heterocycles. The Morgan fingerprint density at radius 2 is 1.87 bits per heavy atom. The number of aromatic nitrogens is 1. The molecule has 0 bridgehead atoms. The van der Waals surface area contributed by atoms with Gasteiger partial charge in [-0.1, -0.05) is 11.6 Å². The number of anilines is 2. The summed E-state index contributed by atoms with van der Waals surface area (Å²) < 4.78 is 53.9. The lowest BCUT2D eigenvalue weighted by atomic mass is 10.1. The molecule has 7 nitrogen and oxygen atoms in total. The van der Waals surface area contributed by atoms with Gasteiger partial charge in [0.1, 0.15) is 23.8 Å². The molecule has 1 fully saturated rings. The van der Waals surface area contributed by atoms with Crippen LogP contribution in [0.2, 0.25) is 5.02 Å². The second-order valence-electron chi connectivity index (χ2n) is 6.93. The van der Waals surface area contributed by atoms with Gasteiger partial charge in [-0.15, -0.1) is 0 Å². The van der Waals surface area contributed by atoms with Crippen molar-refractivity contribution >= 4 is 34.9 Å². The Hall–Kier alpha value is -2.76. The fraction of sp³-hybridized carbons (Fsp3) is 0.316. The van der Waals surface area contributed by atoms with Crippen molar-refractivity contribution in [3.05, 3.63) is 52.4 Å². The number of benzene rings is 1. The molecule has 2 heterocycles. The molecule has 1 aromatic heterocycles. The second-order valence-corrected chi connectivity index (χ2v) is 7.37. The van der Waals surface area contributed by atoms with Gasteiger partial charge >= 0.3 is 6.18 Å². The average Bonchev–Trinajstić information content (AvgIpc) is 2.89. The summed E-state index contributed by atoms with van der Waals surface area (Å²) in [4.78, 5) is 30.7. The Morgan fingerprint density at radius 3 is 2.45 bits per heavy atom. The second kappa shape index (κ2) is 8.06. The van der Waals surface area contributed by atoms with E-state index < -0.39 is 53.4 Å². The molecule has 2 amide bonds. The Morgan fingerprint density at radius 1 is 1.23 bits per heavy atom. The lowest BCUT2D eigenvalue weighted by molar-refractivity contribution is -0.137. The molecular formula is C19H16ClF4N3O4. The van der Waals surface area contributed by atoms with Crippen LogP contribution in [-0.4, -0.2) is 52.3 Å². The van der Waals surface area contributed by atoms with Crippen LogP contribution in [0.15, 0.2) is 30.3 Å². The maximum atomic E-state index is 14.2. The van der Waals surface area contributed by atoms with Crippen LogP contribution in [0.4, 0.5) is 29.1 Å². The number of likely N-dealkylation sites (N-methyl/N-ethyl adjacent to an activating group) is 1. The minimum absolute atomic E-state index is 0.0545. The molecule has 3 unspecified atom stereocenters. The summed E-state index contributed by atoms with van der Waals surface area (Å²) in [5, 5.41) is 20.4. The summed E-state index contributed by atoms with van der Waals surface area (Å²) >= 11 is 5.69. The zero-order valence-electron chi connectivity index (χ0n) is 16.1. The van der Waals surface area contributed by atoms with E-state index in [0.29, 0.717) is 11.0 Å². The van der Waals surface area contributed by atoms with Crippen LogP contribution in [0.3, 0.4) is 0 Å². The van der Waals surface area contributed by atoms with Gasteiger partial charge < -0.3 is 15.1 Å². The molecule has 0 spiro atoms. The number of carbonyl (C=O) groups is 2. The molecule has 3 atom stereocenters. The molecule has 1 aliphatic rings. The largest absolute Gasteiger partial charge is 0.416 e. The van der Waals surface area contributed by atoms with Crippen molar-refractivity contribution in [3.63, 3.8) is 0 Å². The van der Waals surface area contributed by atoms with Crippen LogP contribution < -0.4 is 9.80 Å². The summed E-state index contributed by atoms with van der Waals surface area (Å²) in [5.74, 6) is -3.75. The first kappa shape index (κ1) is 22.9. The quantitative estimate of drug-likeness (QED) is 0.684. The van der Waals surface area contributed by atoms with Crippen LogP contribution in [0.1, 0.15) is 11.3 Å². The van der Waals surface area contributed by atoms with Crippen molar-refractivity contribution in [1.82, 2.24) is 4.98 Å². The Balaban J connectivity index is 2.07. The molecule has 12 heteroatoms. The van der Waals surface area contributed by atoms with Crippen molar-refractivity contribution in [1.29, 1.82) is 0 Å². The number of hydrogen-bond acceptors (Lipinski definition) is 5. The van der Waals surface area contributed by atoms with Crippen molar-refractivity contribution in [2.75, 3.05) is 16.8 Å². The van der Waals surface area contributed by atoms with Gasteiger partial charge in [-0.25, -0.2) is 9.37 Å². The minimum atomic E-state index is -4.77. The van der Waals surface area contributed by atoms with Gasteiger partial charge in [-0.3, -0.25) is 14.5 Å². The first-order valence-corrected chi connectivity index (χ1v) is 9.18. The van der Waals surface area contributed by atoms with E-state index in [0.717, 1.165) is 24.1 Å². The fourth-order valence-electron chi connectivity index (χ4n) is 3.27. The summed E-state index contributed by atoms with van der Waals surface area (Å²) in [6.45, 7) is 1.25. The lowest BCUT2D eigenvalue weighted by Crippen LogP contribution is -2.50. The van der Waals surface area contributed by atoms with Gasteiger partial charge in [0.2, 0.25) is 0 Å². The maximum absolute atomic E-state index is 14.2. The number of aliphatic hydroxyl groups is 2. The molecule has 2 N–H and O–H groups in total. The van der Waals surface area contributed by atoms with Crippen LogP contribution in [0, 0.1) is 12.7 Å². The van der Waals surface area contributed by atoms with E-state index >= 15 is 0 Å². The fourth-order valence-corrected chi connectivity index (χ4v) is 3.43. The predicted octanol–water partition coefficient (Wildman–Crippen LogP) is 2.30.